The van der Waals surface area contributed by atoms with E-state index in [1.165, 1.54) is 24.3 Å². The number of oxime groups is 1. The van der Waals surface area contributed by atoms with Crippen molar-refractivity contribution in [1.82, 2.24) is 10.2 Å². The van der Waals surface area contributed by atoms with Crippen molar-refractivity contribution >= 4 is 17.3 Å². The van der Waals surface area contributed by atoms with Crippen molar-refractivity contribution in [2.45, 2.75) is 32.4 Å². The molecule has 170 valence electrons. The molecule has 1 N–H and O–H groups in total. The van der Waals surface area contributed by atoms with Crippen LogP contribution in [0.5, 0.6) is 0 Å². The highest BCUT2D eigenvalue weighted by Gasteiger charge is 2.31. The summed E-state index contributed by atoms with van der Waals surface area (Å²) in [5, 5.41) is 6.90. The number of nitrogens with one attached hydrogen (secondary N) is 1. The van der Waals surface area contributed by atoms with Gasteiger partial charge in [-0.3, -0.25) is 4.79 Å². The van der Waals surface area contributed by atoms with E-state index in [-0.39, 0.29) is 24.0 Å². The average molecular weight is 443 g/mol. The molecule has 0 spiro atoms. The van der Waals surface area contributed by atoms with Gasteiger partial charge in [-0.05, 0) is 43.8 Å². The van der Waals surface area contributed by atoms with Crippen LogP contribution in [0, 0.1) is 11.6 Å². The molecular weight excluding hydrogens is 414 g/mol. The van der Waals surface area contributed by atoms with E-state index in [0.717, 1.165) is 44.0 Å². The Hall–Kier alpha value is -3.00. The number of hydrogen-bond acceptors (Lipinski definition) is 5. The SMILES string of the molecule is CCN1CCN(c2ccc(F)cc2C(C)NC(=O)C2CC(c3cccc(F)c3)=NO2)CC1. The standard InChI is InChI=1S/C24H28F2N4O2/c1-3-29-9-11-30(12-10-29)22-8-7-19(26)14-20(22)16(2)27-24(31)23-15-21(28-32-23)17-5-4-6-18(25)13-17/h4-8,13-14,16,23H,3,9-12,15H2,1-2H3,(H,27,31). The maximum Gasteiger partial charge on any atom is 0.264 e. The Bertz CT molecular complexity index is 1010. The lowest BCUT2D eigenvalue weighted by atomic mass is 10.0. The zero-order chi connectivity index (χ0) is 22.7. The first-order chi connectivity index (χ1) is 15.4. The molecule has 2 aromatic carbocycles. The Morgan fingerprint density at radius 1 is 1.16 bits per heavy atom. The van der Waals surface area contributed by atoms with Crippen LogP contribution < -0.4 is 10.2 Å². The summed E-state index contributed by atoms with van der Waals surface area (Å²) in [4.78, 5) is 22.8. The Morgan fingerprint density at radius 2 is 1.91 bits per heavy atom. The van der Waals surface area contributed by atoms with Crippen molar-refractivity contribution in [2.75, 3.05) is 37.6 Å². The number of benzene rings is 2. The molecule has 0 bridgehead atoms. The third-order valence-corrected chi connectivity index (χ3v) is 6.09. The second kappa shape index (κ2) is 9.65. The summed E-state index contributed by atoms with van der Waals surface area (Å²) in [6.07, 6.45) is -0.558. The normalized spacial score (nSPS) is 19.9. The number of hydrogen-bond donors (Lipinski definition) is 1. The minimum absolute atomic E-state index is 0.247. The van der Waals surface area contributed by atoms with Gasteiger partial charge >= 0.3 is 0 Å². The van der Waals surface area contributed by atoms with Gasteiger partial charge in [-0.15, -0.1) is 0 Å². The number of anilines is 1. The molecule has 2 atom stereocenters. The minimum atomic E-state index is -0.805. The maximum atomic E-state index is 14.1. The van der Waals surface area contributed by atoms with E-state index >= 15 is 0 Å². The number of nitrogens with zero attached hydrogens (tertiary/aromatic N) is 3. The molecule has 8 heteroatoms. The van der Waals surface area contributed by atoms with E-state index in [4.69, 9.17) is 4.84 Å². The van der Waals surface area contributed by atoms with E-state index in [9.17, 15) is 13.6 Å². The summed E-state index contributed by atoms with van der Waals surface area (Å²) >= 11 is 0. The molecule has 4 rings (SSSR count). The van der Waals surface area contributed by atoms with Crippen LogP contribution in [0.25, 0.3) is 0 Å². The summed E-state index contributed by atoms with van der Waals surface area (Å²) < 4.78 is 27.6. The predicted octanol–water partition coefficient (Wildman–Crippen LogP) is 3.48. The van der Waals surface area contributed by atoms with Crippen molar-refractivity contribution in [1.29, 1.82) is 0 Å². The number of likely N-dealkylation sites (N-methyl/N-ethyl adjacent to an activating group) is 1. The van der Waals surface area contributed by atoms with Crippen molar-refractivity contribution in [3.63, 3.8) is 0 Å². The molecule has 2 unspecified atom stereocenters. The van der Waals surface area contributed by atoms with Crippen LogP contribution in [0.4, 0.5) is 14.5 Å². The van der Waals surface area contributed by atoms with E-state index in [0.29, 0.717) is 11.3 Å². The lowest BCUT2D eigenvalue weighted by molar-refractivity contribution is -0.131. The van der Waals surface area contributed by atoms with Crippen LogP contribution >= 0.6 is 0 Å². The lowest BCUT2D eigenvalue weighted by Crippen LogP contribution is -2.46. The van der Waals surface area contributed by atoms with Crippen molar-refractivity contribution in [2.24, 2.45) is 5.16 Å². The first-order valence-electron chi connectivity index (χ1n) is 11.0. The third-order valence-electron chi connectivity index (χ3n) is 6.09. The molecule has 0 aliphatic carbocycles. The van der Waals surface area contributed by atoms with Crippen LogP contribution in [-0.2, 0) is 9.63 Å². The third kappa shape index (κ3) is 4.91. The van der Waals surface area contributed by atoms with Gasteiger partial charge in [0.15, 0.2) is 0 Å². The topological polar surface area (TPSA) is 57.2 Å². The molecule has 2 heterocycles. The lowest BCUT2D eigenvalue weighted by Gasteiger charge is -2.37. The molecule has 2 aliphatic rings. The highest BCUT2D eigenvalue weighted by atomic mass is 19.1. The Labute approximate surface area is 186 Å². The average Bonchev–Trinajstić information content (AvgIpc) is 3.30. The van der Waals surface area contributed by atoms with Gasteiger partial charge in [-0.25, -0.2) is 8.78 Å². The highest BCUT2D eigenvalue weighted by molar-refractivity contribution is 6.04. The highest BCUT2D eigenvalue weighted by Crippen LogP contribution is 2.29. The molecule has 1 saturated heterocycles. The Balaban J connectivity index is 1.42. The number of carbonyl (C=O) groups is 1. The summed E-state index contributed by atoms with van der Waals surface area (Å²) in [7, 11) is 0. The molecule has 1 fully saturated rings. The van der Waals surface area contributed by atoms with E-state index in [2.05, 4.69) is 27.2 Å². The van der Waals surface area contributed by atoms with Gasteiger partial charge in [0.05, 0.1) is 11.8 Å². The summed E-state index contributed by atoms with van der Waals surface area (Å²) in [5.74, 6) is -1.05. The molecule has 0 aromatic heterocycles. The van der Waals surface area contributed by atoms with Crippen molar-refractivity contribution in [3.05, 3.63) is 65.2 Å². The van der Waals surface area contributed by atoms with Crippen LogP contribution in [0.15, 0.2) is 47.6 Å². The number of carbonyl (C=O) groups excluding carboxylic acids is 1. The molecule has 0 radical (unpaired) electrons. The van der Waals surface area contributed by atoms with Crippen LogP contribution in [0.2, 0.25) is 0 Å². The summed E-state index contributed by atoms with van der Waals surface area (Å²) in [6.45, 7) is 8.59. The largest absolute Gasteiger partial charge is 0.382 e. The second-order valence-corrected chi connectivity index (χ2v) is 8.20. The quantitative estimate of drug-likeness (QED) is 0.744. The van der Waals surface area contributed by atoms with Gasteiger partial charge in [0.2, 0.25) is 6.10 Å². The van der Waals surface area contributed by atoms with E-state index < -0.39 is 12.1 Å². The minimum Gasteiger partial charge on any atom is -0.382 e. The van der Waals surface area contributed by atoms with Gasteiger partial charge in [0.1, 0.15) is 11.6 Å². The zero-order valence-corrected chi connectivity index (χ0v) is 18.4. The fraction of sp³-hybridized carbons (Fsp3) is 0.417. The molecule has 6 nitrogen and oxygen atoms in total. The zero-order valence-electron chi connectivity index (χ0n) is 18.4. The number of halogens is 2. The first-order valence-corrected chi connectivity index (χ1v) is 11.0. The van der Waals surface area contributed by atoms with Gasteiger partial charge in [-0.2, -0.15) is 0 Å². The summed E-state index contributed by atoms with van der Waals surface area (Å²) in [6, 6.07) is 10.3. The van der Waals surface area contributed by atoms with Crippen LogP contribution in [-0.4, -0.2) is 55.3 Å². The van der Waals surface area contributed by atoms with E-state index in [1.54, 1.807) is 18.2 Å². The van der Waals surface area contributed by atoms with Crippen LogP contribution in [0.3, 0.4) is 0 Å². The predicted molar refractivity (Wildman–Crippen MR) is 120 cm³/mol. The number of amides is 1. The van der Waals surface area contributed by atoms with Gasteiger partial charge in [-0.1, -0.05) is 24.2 Å². The number of piperazine rings is 1. The molecule has 32 heavy (non-hydrogen) atoms. The molecule has 2 aromatic rings. The fourth-order valence-corrected chi connectivity index (χ4v) is 4.21. The van der Waals surface area contributed by atoms with Crippen molar-refractivity contribution < 1.29 is 18.4 Å². The van der Waals surface area contributed by atoms with Gasteiger partial charge in [0.25, 0.3) is 5.91 Å². The molecular formula is C24H28F2N4O2. The van der Waals surface area contributed by atoms with Crippen LogP contribution in [0.1, 0.15) is 37.4 Å². The molecule has 2 aliphatic heterocycles. The van der Waals surface area contributed by atoms with Gasteiger partial charge < -0.3 is 20.0 Å². The summed E-state index contributed by atoms with van der Waals surface area (Å²) in [5.41, 5.74) is 2.77. The molecule has 0 saturated carbocycles. The maximum absolute atomic E-state index is 14.1. The first kappa shape index (κ1) is 22.2. The fourth-order valence-electron chi connectivity index (χ4n) is 4.21. The Morgan fingerprint density at radius 3 is 2.62 bits per heavy atom. The smallest absolute Gasteiger partial charge is 0.264 e. The second-order valence-electron chi connectivity index (χ2n) is 8.20. The van der Waals surface area contributed by atoms with E-state index in [1.807, 2.05) is 6.92 Å². The Kier molecular flexibility index (Phi) is 6.69. The van der Waals surface area contributed by atoms with Gasteiger partial charge in [0, 0.05) is 49.4 Å². The monoisotopic (exact) mass is 442 g/mol. The molecule has 1 amide bonds. The number of rotatable bonds is 6. The van der Waals surface area contributed by atoms with Crippen molar-refractivity contribution in [3.8, 4) is 0 Å².